The van der Waals surface area contributed by atoms with E-state index in [0.29, 0.717) is 6.54 Å². The van der Waals surface area contributed by atoms with Gasteiger partial charge in [-0.1, -0.05) is 26.3 Å². The van der Waals surface area contributed by atoms with E-state index in [1.165, 1.54) is 5.56 Å². The molecule has 1 unspecified atom stereocenters. The maximum Gasteiger partial charge on any atom is 0.133 e. The molecule has 0 fully saturated rings. The predicted octanol–water partition coefficient (Wildman–Crippen LogP) is 2.35. The normalized spacial score (nSPS) is 12.4. The highest BCUT2D eigenvalue weighted by Gasteiger charge is 2.15. The number of nitrogens with zero attached hydrogens (tertiary/aromatic N) is 2. The molecule has 1 heterocycles. The maximum atomic E-state index is 9.25. The topological polar surface area (TPSA) is 48.4 Å². The average Bonchev–Trinajstić information content (AvgIpc) is 2.44. The zero-order valence-corrected chi connectivity index (χ0v) is 12.4. The zero-order valence-electron chi connectivity index (χ0n) is 12.4. The Morgan fingerprint density at radius 3 is 2.79 bits per heavy atom. The summed E-state index contributed by atoms with van der Waals surface area (Å²) in [5, 5.41) is 12.7. The largest absolute Gasteiger partial charge is 0.395 e. The van der Waals surface area contributed by atoms with Gasteiger partial charge in [0, 0.05) is 30.9 Å². The molecule has 0 aliphatic heterocycles. The van der Waals surface area contributed by atoms with Gasteiger partial charge in [-0.05, 0) is 26.0 Å². The highest BCUT2D eigenvalue weighted by atomic mass is 16.3. The van der Waals surface area contributed by atoms with Crippen molar-refractivity contribution in [1.82, 2.24) is 10.3 Å². The third-order valence-corrected chi connectivity index (χ3v) is 3.24. The van der Waals surface area contributed by atoms with Crippen molar-refractivity contribution in [1.29, 1.82) is 0 Å². The molecule has 1 atom stereocenters. The summed E-state index contributed by atoms with van der Waals surface area (Å²) in [7, 11) is 0. The number of hydrogen-bond donors (Lipinski definition) is 2. The van der Waals surface area contributed by atoms with Crippen molar-refractivity contribution in [3.05, 3.63) is 23.9 Å². The fourth-order valence-corrected chi connectivity index (χ4v) is 2.22. The molecule has 0 aliphatic rings. The maximum absolute atomic E-state index is 9.25. The Morgan fingerprint density at radius 1 is 1.37 bits per heavy atom. The first kappa shape index (κ1) is 15.9. The average molecular weight is 265 g/mol. The van der Waals surface area contributed by atoms with Crippen molar-refractivity contribution in [2.75, 3.05) is 31.1 Å². The first-order valence-corrected chi connectivity index (χ1v) is 7.28. The molecule has 4 nitrogen and oxygen atoms in total. The Kier molecular flexibility index (Phi) is 7.45. The third kappa shape index (κ3) is 4.80. The van der Waals surface area contributed by atoms with E-state index in [-0.39, 0.29) is 12.6 Å². The number of unbranched alkanes of at least 4 members (excludes halogenated alkanes) is 1. The second kappa shape index (κ2) is 8.88. The lowest BCUT2D eigenvalue weighted by Gasteiger charge is -2.27. The Hall–Kier alpha value is -1.13. The molecule has 0 saturated carbocycles. The van der Waals surface area contributed by atoms with Crippen molar-refractivity contribution in [2.45, 2.75) is 39.7 Å². The van der Waals surface area contributed by atoms with Crippen LogP contribution in [0.3, 0.4) is 0 Å². The third-order valence-electron chi connectivity index (χ3n) is 3.24. The molecule has 0 radical (unpaired) electrons. The summed E-state index contributed by atoms with van der Waals surface area (Å²) in [6, 6.07) is 4.37. The molecule has 4 heteroatoms. The van der Waals surface area contributed by atoms with Gasteiger partial charge in [0.05, 0.1) is 6.61 Å². The molecule has 108 valence electrons. The zero-order chi connectivity index (χ0) is 14.1. The second-order valence-electron chi connectivity index (χ2n) is 4.76. The van der Waals surface area contributed by atoms with E-state index in [1.54, 1.807) is 0 Å². The summed E-state index contributed by atoms with van der Waals surface area (Å²) in [4.78, 5) is 6.72. The Morgan fingerprint density at radius 2 is 2.16 bits per heavy atom. The van der Waals surface area contributed by atoms with Gasteiger partial charge in [0.1, 0.15) is 5.82 Å². The molecule has 1 aromatic rings. The van der Waals surface area contributed by atoms with Crippen LogP contribution in [0.1, 0.15) is 45.2 Å². The van der Waals surface area contributed by atoms with Gasteiger partial charge in [-0.3, -0.25) is 0 Å². The lowest BCUT2D eigenvalue weighted by molar-refractivity contribution is 0.301. The highest BCUT2D eigenvalue weighted by Crippen LogP contribution is 2.23. The van der Waals surface area contributed by atoms with Crippen LogP contribution in [0.2, 0.25) is 0 Å². The summed E-state index contributed by atoms with van der Waals surface area (Å²) in [5.41, 5.74) is 1.20. The van der Waals surface area contributed by atoms with Gasteiger partial charge < -0.3 is 15.3 Å². The van der Waals surface area contributed by atoms with Crippen molar-refractivity contribution in [3.8, 4) is 0 Å². The first-order chi connectivity index (χ1) is 9.24. The van der Waals surface area contributed by atoms with E-state index in [4.69, 9.17) is 0 Å². The van der Waals surface area contributed by atoms with E-state index >= 15 is 0 Å². The van der Waals surface area contributed by atoms with Gasteiger partial charge in [0.2, 0.25) is 0 Å². The highest BCUT2D eigenvalue weighted by molar-refractivity contribution is 5.48. The van der Waals surface area contributed by atoms with E-state index in [2.05, 4.69) is 42.0 Å². The van der Waals surface area contributed by atoms with Gasteiger partial charge in [0.15, 0.2) is 0 Å². The fraction of sp³-hybridized carbons (Fsp3) is 0.667. The minimum absolute atomic E-state index is 0.162. The number of pyridine rings is 1. The number of aliphatic hydroxyl groups is 1. The summed E-state index contributed by atoms with van der Waals surface area (Å²) in [5.74, 6) is 0.999. The van der Waals surface area contributed by atoms with Crippen molar-refractivity contribution >= 4 is 5.82 Å². The molecule has 0 saturated heterocycles. The van der Waals surface area contributed by atoms with Gasteiger partial charge in [-0.25, -0.2) is 4.98 Å². The van der Waals surface area contributed by atoms with Crippen LogP contribution >= 0.6 is 0 Å². The van der Waals surface area contributed by atoms with Gasteiger partial charge >= 0.3 is 0 Å². The van der Waals surface area contributed by atoms with Crippen LogP contribution in [0.5, 0.6) is 0 Å². The molecule has 1 rings (SSSR count). The quantitative estimate of drug-likeness (QED) is 0.719. The van der Waals surface area contributed by atoms with Crippen LogP contribution in [0.15, 0.2) is 18.3 Å². The van der Waals surface area contributed by atoms with Crippen molar-refractivity contribution in [3.63, 3.8) is 0 Å². The molecular weight excluding hydrogens is 238 g/mol. The molecular formula is C15H27N3O. The summed E-state index contributed by atoms with van der Waals surface area (Å²) in [6.45, 7) is 9.12. The second-order valence-corrected chi connectivity index (χ2v) is 4.76. The Labute approximate surface area is 116 Å². The van der Waals surface area contributed by atoms with Crippen molar-refractivity contribution in [2.24, 2.45) is 0 Å². The van der Waals surface area contributed by atoms with Gasteiger partial charge in [-0.2, -0.15) is 0 Å². The number of hydrogen-bond acceptors (Lipinski definition) is 4. The van der Waals surface area contributed by atoms with Crippen LogP contribution in [0.4, 0.5) is 5.82 Å². The van der Waals surface area contributed by atoms with Gasteiger partial charge in [0.25, 0.3) is 0 Å². The number of anilines is 1. The van der Waals surface area contributed by atoms with E-state index in [0.717, 1.165) is 31.7 Å². The summed E-state index contributed by atoms with van der Waals surface area (Å²) < 4.78 is 0. The fourth-order valence-electron chi connectivity index (χ4n) is 2.22. The van der Waals surface area contributed by atoms with E-state index in [9.17, 15) is 5.11 Å². The SMILES string of the molecule is CCCCN(CCO)c1ncccc1C(C)NCC. The van der Waals surface area contributed by atoms with Crippen LogP contribution in [0.25, 0.3) is 0 Å². The molecule has 2 N–H and O–H groups in total. The molecule has 0 spiro atoms. The number of rotatable bonds is 9. The van der Waals surface area contributed by atoms with Crippen molar-refractivity contribution < 1.29 is 5.11 Å². The molecule has 0 aromatic carbocycles. The molecule has 0 aliphatic carbocycles. The smallest absolute Gasteiger partial charge is 0.133 e. The van der Waals surface area contributed by atoms with E-state index < -0.39 is 0 Å². The lowest BCUT2D eigenvalue weighted by atomic mass is 10.1. The molecule has 0 bridgehead atoms. The summed E-state index contributed by atoms with van der Waals surface area (Å²) >= 11 is 0. The minimum Gasteiger partial charge on any atom is -0.395 e. The minimum atomic E-state index is 0.162. The van der Waals surface area contributed by atoms with Crippen LogP contribution < -0.4 is 10.2 Å². The summed E-state index contributed by atoms with van der Waals surface area (Å²) in [6.07, 6.45) is 4.09. The Balaban J connectivity index is 2.93. The number of aliphatic hydroxyl groups excluding tert-OH is 1. The van der Waals surface area contributed by atoms with Crippen LogP contribution in [-0.4, -0.2) is 36.3 Å². The first-order valence-electron chi connectivity index (χ1n) is 7.28. The molecule has 1 aromatic heterocycles. The monoisotopic (exact) mass is 265 g/mol. The number of aromatic nitrogens is 1. The standard InChI is InChI=1S/C15H27N3O/c1-4-6-10-18(11-12-19)15-14(8-7-9-17-15)13(3)16-5-2/h7-9,13,16,19H,4-6,10-12H2,1-3H3. The molecule has 0 amide bonds. The number of nitrogens with one attached hydrogen (secondary N) is 1. The van der Waals surface area contributed by atoms with E-state index in [1.807, 2.05) is 12.3 Å². The predicted molar refractivity (Wildman–Crippen MR) is 80.5 cm³/mol. The van der Waals surface area contributed by atoms with Crippen LogP contribution in [0, 0.1) is 0 Å². The Bertz CT molecular complexity index is 357. The molecule has 19 heavy (non-hydrogen) atoms. The van der Waals surface area contributed by atoms with Gasteiger partial charge in [-0.15, -0.1) is 0 Å². The lowest BCUT2D eigenvalue weighted by Crippen LogP contribution is -2.31. The van der Waals surface area contributed by atoms with Crippen LogP contribution in [-0.2, 0) is 0 Å².